The van der Waals surface area contributed by atoms with E-state index in [1.807, 2.05) is 0 Å². The average Bonchev–Trinajstić information content (AvgIpc) is 2.51. The summed E-state index contributed by atoms with van der Waals surface area (Å²) in [7, 11) is -2.25. The number of ether oxygens (including phenoxy) is 1. The van der Waals surface area contributed by atoms with Gasteiger partial charge in [0.1, 0.15) is 0 Å². The third kappa shape index (κ3) is 4.43. The predicted molar refractivity (Wildman–Crippen MR) is 88.2 cm³/mol. The first kappa shape index (κ1) is 17.2. The van der Waals surface area contributed by atoms with Gasteiger partial charge in [-0.2, -0.15) is 0 Å². The number of hydrogen-bond donors (Lipinski definition) is 1. The lowest BCUT2D eigenvalue weighted by molar-refractivity contribution is 0.0601. The molecule has 1 atom stereocenters. The summed E-state index contributed by atoms with van der Waals surface area (Å²) in [6, 6.07) is 9.42. The molecular weight excluding hydrogens is 340 g/mol. The number of benzene rings is 1. The van der Waals surface area contributed by atoms with Crippen LogP contribution < -0.4 is 5.32 Å². The van der Waals surface area contributed by atoms with Crippen molar-refractivity contribution in [1.82, 2.24) is 4.98 Å². The summed E-state index contributed by atoms with van der Waals surface area (Å²) in [5.74, 6) is -0.565. The van der Waals surface area contributed by atoms with Crippen molar-refractivity contribution in [1.29, 1.82) is 0 Å². The Balaban J connectivity index is 2.42. The van der Waals surface area contributed by atoms with Crippen LogP contribution in [-0.4, -0.2) is 32.7 Å². The summed E-state index contributed by atoms with van der Waals surface area (Å²) in [6.07, 6.45) is 2.61. The van der Waals surface area contributed by atoms with E-state index in [0.717, 1.165) is 6.26 Å². The lowest BCUT2D eigenvalue weighted by Gasteiger charge is -2.18. The van der Waals surface area contributed by atoms with Gasteiger partial charge in [-0.1, -0.05) is 17.7 Å². The molecular formula is C15H15ClN2O4S. The van der Waals surface area contributed by atoms with E-state index < -0.39 is 21.2 Å². The molecule has 2 aromatic rings. The Hall–Kier alpha value is -2.12. The summed E-state index contributed by atoms with van der Waals surface area (Å²) < 4.78 is 28.8. The lowest BCUT2D eigenvalue weighted by Crippen LogP contribution is -2.21. The van der Waals surface area contributed by atoms with E-state index in [2.05, 4.69) is 15.0 Å². The number of carbonyl (C=O) groups excluding carboxylic acids is 1. The molecule has 122 valence electrons. The Bertz CT molecular complexity index is 809. The molecule has 1 unspecified atom stereocenters. The van der Waals surface area contributed by atoms with E-state index in [9.17, 15) is 13.2 Å². The monoisotopic (exact) mass is 354 g/mol. The zero-order valence-corrected chi connectivity index (χ0v) is 14.1. The molecule has 0 saturated carbocycles. The summed E-state index contributed by atoms with van der Waals surface area (Å²) in [6.45, 7) is 0. The summed E-state index contributed by atoms with van der Waals surface area (Å²) >= 11 is 5.98. The molecule has 1 heterocycles. The van der Waals surface area contributed by atoms with Crippen molar-refractivity contribution in [2.75, 3.05) is 18.7 Å². The molecule has 0 radical (unpaired) electrons. The normalized spacial score (nSPS) is 12.5. The number of carbonyl (C=O) groups is 1. The number of rotatable bonds is 5. The fourth-order valence-electron chi connectivity index (χ4n) is 1.99. The van der Waals surface area contributed by atoms with Crippen LogP contribution in [0.5, 0.6) is 0 Å². The van der Waals surface area contributed by atoms with E-state index in [1.165, 1.54) is 31.5 Å². The summed E-state index contributed by atoms with van der Waals surface area (Å²) in [4.78, 5) is 15.7. The first-order chi connectivity index (χ1) is 10.8. The van der Waals surface area contributed by atoms with Crippen LogP contribution in [0.4, 0.5) is 5.69 Å². The number of nitrogens with one attached hydrogen (secondary N) is 1. The molecule has 1 aromatic carbocycles. The topological polar surface area (TPSA) is 85.4 Å². The minimum absolute atomic E-state index is 0.218. The zero-order chi connectivity index (χ0) is 17.0. The van der Waals surface area contributed by atoms with Gasteiger partial charge in [0.2, 0.25) is 0 Å². The number of aromatic nitrogens is 1. The smallest absolute Gasteiger partial charge is 0.337 e. The van der Waals surface area contributed by atoms with Gasteiger partial charge >= 0.3 is 5.97 Å². The highest BCUT2D eigenvalue weighted by atomic mass is 35.5. The van der Waals surface area contributed by atoms with Crippen LogP contribution >= 0.6 is 11.6 Å². The maximum Gasteiger partial charge on any atom is 0.337 e. The van der Waals surface area contributed by atoms with Gasteiger partial charge in [0, 0.05) is 23.2 Å². The number of hydrogen-bond acceptors (Lipinski definition) is 6. The zero-order valence-electron chi connectivity index (χ0n) is 12.5. The molecule has 0 amide bonds. The van der Waals surface area contributed by atoms with Gasteiger partial charge in [-0.15, -0.1) is 0 Å². The Kier molecular flexibility index (Phi) is 5.23. The summed E-state index contributed by atoms with van der Waals surface area (Å²) in [5, 5.41) is 2.07. The second kappa shape index (κ2) is 6.97. The van der Waals surface area contributed by atoms with Crippen molar-refractivity contribution in [3.8, 4) is 0 Å². The first-order valence-corrected chi connectivity index (χ1v) is 8.90. The highest BCUT2D eigenvalue weighted by Gasteiger charge is 2.24. The van der Waals surface area contributed by atoms with Gasteiger partial charge in [0.25, 0.3) is 0 Å². The number of anilines is 1. The van der Waals surface area contributed by atoms with Gasteiger partial charge in [0.15, 0.2) is 15.2 Å². The molecule has 0 spiro atoms. The number of methoxy groups -OCH3 is 1. The maximum absolute atomic E-state index is 12.1. The molecule has 23 heavy (non-hydrogen) atoms. The molecule has 8 heteroatoms. The highest BCUT2D eigenvalue weighted by Crippen LogP contribution is 2.26. The van der Waals surface area contributed by atoms with E-state index in [4.69, 9.17) is 11.6 Å². The maximum atomic E-state index is 12.1. The van der Waals surface area contributed by atoms with Crippen LogP contribution in [0, 0.1) is 0 Å². The molecule has 0 aliphatic carbocycles. The third-order valence-corrected chi connectivity index (χ3v) is 4.44. The quantitative estimate of drug-likeness (QED) is 0.831. The standard InChI is InChI=1S/C15H15ClN2O4S/c1-22-15(19)10-7-11(16)9-12(8-10)18-14(23(2,20)21)13-5-3-4-6-17-13/h3-9,14,18H,1-2H3. The SMILES string of the molecule is COC(=O)c1cc(Cl)cc(NC(c2ccccn2)S(C)(=O)=O)c1. The molecule has 1 N–H and O–H groups in total. The Morgan fingerprint density at radius 2 is 2.04 bits per heavy atom. The Morgan fingerprint density at radius 3 is 2.61 bits per heavy atom. The van der Waals surface area contributed by atoms with Crippen LogP contribution in [0.15, 0.2) is 42.6 Å². The molecule has 6 nitrogen and oxygen atoms in total. The van der Waals surface area contributed by atoms with Crippen molar-refractivity contribution in [3.05, 3.63) is 58.9 Å². The van der Waals surface area contributed by atoms with Gasteiger partial charge in [0.05, 0.1) is 18.4 Å². The molecule has 0 fully saturated rings. The van der Waals surface area contributed by atoms with Gasteiger partial charge in [-0.05, 0) is 30.3 Å². The van der Waals surface area contributed by atoms with E-state index >= 15 is 0 Å². The average molecular weight is 355 g/mol. The fraction of sp³-hybridized carbons (Fsp3) is 0.200. The van der Waals surface area contributed by atoms with Crippen molar-refractivity contribution in [2.24, 2.45) is 0 Å². The van der Waals surface area contributed by atoms with E-state index in [-0.39, 0.29) is 10.6 Å². The van der Waals surface area contributed by atoms with Crippen molar-refractivity contribution < 1.29 is 17.9 Å². The van der Waals surface area contributed by atoms with Gasteiger partial charge < -0.3 is 10.1 Å². The third-order valence-electron chi connectivity index (χ3n) is 3.00. The first-order valence-electron chi connectivity index (χ1n) is 6.56. The Labute approximate surface area is 139 Å². The second-order valence-electron chi connectivity index (χ2n) is 4.83. The number of pyridine rings is 1. The highest BCUT2D eigenvalue weighted by molar-refractivity contribution is 7.91. The molecule has 0 aliphatic rings. The van der Waals surface area contributed by atoms with Crippen LogP contribution in [0.25, 0.3) is 0 Å². The number of halogens is 1. The summed E-state index contributed by atoms with van der Waals surface area (Å²) in [5.41, 5.74) is 0.935. The molecule has 1 aromatic heterocycles. The molecule has 0 saturated heterocycles. The number of sulfone groups is 1. The van der Waals surface area contributed by atoms with Gasteiger partial charge in [-0.3, -0.25) is 4.98 Å². The molecule has 0 aliphatic heterocycles. The van der Waals surface area contributed by atoms with Crippen LogP contribution in [0.3, 0.4) is 0 Å². The molecule has 0 bridgehead atoms. The second-order valence-corrected chi connectivity index (χ2v) is 7.40. The van der Waals surface area contributed by atoms with Crippen molar-refractivity contribution >= 4 is 33.1 Å². The van der Waals surface area contributed by atoms with Crippen molar-refractivity contribution in [2.45, 2.75) is 5.37 Å². The van der Waals surface area contributed by atoms with E-state index in [0.29, 0.717) is 11.4 Å². The van der Waals surface area contributed by atoms with E-state index in [1.54, 1.807) is 18.2 Å². The van der Waals surface area contributed by atoms with Crippen LogP contribution in [-0.2, 0) is 14.6 Å². The molecule has 2 rings (SSSR count). The number of nitrogens with zero attached hydrogens (tertiary/aromatic N) is 1. The minimum atomic E-state index is -3.50. The predicted octanol–water partition coefficient (Wildman–Crippen LogP) is 2.68. The van der Waals surface area contributed by atoms with Gasteiger partial charge in [-0.25, -0.2) is 13.2 Å². The van der Waals surface area contributed by atoms with Crippen LogP contribution in [0.2, 0.25) is 5.02 Å². The lowest BCUT2D eigenvalue weighted by atomic mass is 10.2. The van der Waals surface area contributed by atoms with Crippen molar-refractivity contribution in [3.63, 3.8) is 0 Å². The minimum Gasteiger partial charge on any atom is -0.465 e. The largest absolute Gasteiger partial charge is 0.465 e. The Morgan fingerprint density at radius 1 is 1.30 bits per heavy atom. The van der Waals surface area contributed by atoms with Crippen LogP contribution in [0.1, 0.15) is 21.4 Å². The fourth-order valence-corrected chi connectivity index (χ4v) is 3.15. The number of esters is 1.